The highest BCUT2D eigenvalue weighted by atomic mass is 19.1. The van der Waals surface area contributed by atoms with Gasteiger partial charge in [-0.1, -0.05) is 6.07 Å². The Kier molecular flexibility index (Phi) is 8.66. The Bertz CT molecular complexity index is 1400. The molecule has 0 bridgehead atoms. The standard InChI is InChI=1S/C26H32BFN4O10/c1-29-23(37)22(26(27,41)25(39,40)12-33)32-11-15-13(24(32)38)3-2-4-17(15)30-9-14-18(28)21(36)20(35)16(19(14)34)10-31-5-7-42-8-6-31/h2-4,12,22,30,34-36,39-41H,5-11,27H2,1H3,(H,29,37). The summed E-state index contributed by atoms with van der Waals surface area (Å²) in [6.07, 6.45) is -0.356. The monoisotopic (exact) mass is 590 g/mol. The molecule has 2 aliphatic heterocycles. The van der Waals surface area contributed by atoms with Crippen molar-refractivity contribution in [2.45, 2.75) is 37.0 Å². The number of aromatic hydroxyl groups is 3. The van der Waals surface area contributed by atoms with Crippen molar-refractivity contribution in [2.75, 3.05) is 38.7 Å². The second-order valence-corrected chi connectivity index (χ2v) is 10.3. The van der Waals surface area contributed by atoms with Crippen LogP contribution in [-0.4, -0.2) is 117 Å². The number of aldehydes is 1. The van der Waals surface area contributed by atoms with Crippen LogP contribution in [0.3, 0.4) is 0 Å². The maximum atomic E-state index is 15.0. The molecule has 2 aromatic rings. The smallest absolute Gasteiger partial charge is 0.255 e. The molecule has 2 aromatic carbocycles. The van der Waals surface area contributed by atoms with Gasteiger partial charge in [-0.05, 0) is 12.1 Å². The molecule has 0 aliphatic carbocycles. The number of carbonyl (C=O) groups excluding carboxylic acids is 3. The van der Waals surface area contributed by atoms with Gasteiger partial charge in [-0.25, -0.2) is 4.39 Å². The summed E-state index contributed by atoms with van der Waals surface area (Å²) in [5, 5.41) is 67.8. The van der Waals surface area contributed by atoms with Gasteiger partial charge in [0.1, 0.15) is 17.3 Å². The van der Waals surface area contributed by atoms with Gasteiger partial charge < -0.3 is 50.9 Å². The number of rotatable bonds is 10. The lowest BCUT2D eigenvalue weighted by molar-refractivity contribution is -0.234. The summed E-state index contributed by atoms with van der Waals surface area (Å²) in [5.74, 6) is -8.78. The van der Waals surface area contributed by atoms with Crippen LogP contribution in [0, 0.1) is 5.82 Å². The highest BCUT2D eigenvalue weighted by Crippen LogP contribution is 2.43. The molecule has 0 radical (unpaired) electrons. The van der Waals surface area contributed by atoms with Crippen molar-refractivity contribution in [3.05, 3.63) is 46.3 Å². The first-order chi connectivity index (χ1) is 19.8. The fraction of sp³-hybridized carbons (Fsp3) is 0.423. The van der Waals surface area contributed by atoms with E-state index in [0.29, 0.717) is 26.3 Å². The van der Waals surface area contributed by atoms with Crippen LogP contribution in [0.4, 0.5) is 10.1 Å². The number of hydrogen-bond acceptors (Lipinski definition) is 12. The van der Waals surface area contributed by atoms with E-state index >= 15 is 4.39 Å². The minimum Gasteiger partial charge on any atom is -0.507 e. The van der Waals surface area contributed by atoms with Gasteiger partial charge in [-0.2, -0.15) is 0 Å². The fourth-order valence-corrected chi connectivity index (χ4v) is 5.15. The third-order valence-electron chi connectivity index (χ3n) is 7.74. The normalized spacial score (nSPS) is 17.8. The Morgan fingerprint density at radius 3 is 2.43 bits per heavy atom. The average molecular weight is 590 g/mol. The summed E-state index contributed by atoms with van der Waals surface area (Å²) in [6, 6.07) is 2.51. The molecule has 16 heteroatoms. The molecule has 42 heavy (non-hydrogen) atoms. The maximum absolute atomic E-state index is 15.0. The number of halogens is 1. The van der Waals surface area contributed by atoms with Crippen molar-refractivity contribution in [2.24, 2.45) is 0 Å². The largest absolute Gasteiger partial charge is 0.507 e. The molecule has 0 aromatic heterocycles. The number of nitrogens with one attached hydrogen (secondary N) is 2. The van der Waals surface area contributed by atoms with Crippen molar-refractivity contribution in [1.82, 2.24) is 15.1 Å². The van der Waals surface area contributed by atoms with E-state index in [1.165, 1.54) is 25.2 Å². The molecular formula is C26H32BFN4O10. The Morgan fingerprint density at radius 2 is 1.81 bits per heavy atom. The van der Waals surface area contributed by atoms with Crippen LogP contribution in [0.1, 0.15) is 27.0 Å². The molecule has 8 N–H and O–H groups in total. The first-order valence-electron chi connectivity index (χ1n) is 13.0. The van der Waals surface area contributed by atoms with Crippen LogP contribution in [-0.2, 0) is 34.0 Å². The lowest BCUT2D eigenvalue weighted by Gasteiger charge is -2.42. The molecular weight excluding hydrogens is 558 g/mol. The van der Waals surface area contributed by atoms with Gasteiger partial charge in [-0.15, -0.1) is 0 Å². The van der Waals surface area contributed by atoms with E-state index in [-0.39, 0.29) is 47.3 Å². The van der Waals surface area contributed by atoms with E-state index in [1.54, 1.807) is 0 Å². The van der Waals surface area contributed by atoms with Crippen molar-refractivity contribution in [1.29, 1.82) is 0 Å². The van der Waals surface area contributed by atoms with Crippen molar-refractivity contribution < 1.29 is 54.2 Å². The Balaban J connectivity index is 1.64. The molecule has 2 aliphatic rings. The van der Waals surface area contributed by atoms with Gasteiger partial charge in [0.2, 0.25) is 11.7 Å². The number of ether oxygens (including phenoxy) is 1. The number of morpholine rings is 1. The molecule has 4 rings (SSSR count). The molecule has 2 atom stereocenters. The van der Waals surface area contributed by atoms with Crippen LogP contribution in [0.5, 0.6) is 17.2 Å². The molecule has 1 saturated heterocycles. The number of likely N-dealkylation sites (N-methyl/N-ethyl adjacent to an activating group) is 1. The number of hydrogen-bond donors (Lipinski definition) is 8. The van der Waals surface area contributed by atoms with Gasteiger partial charge in [0.05, 0.1) is 24.3 Å². The van der Waals surface area contributed by atoms with Gasteiger partial charge >= 0.3 is 0 Å². The Labute approximate surface area is 240 Å². The number of benzene rings is 2. The van der Waals surface area contributed by atoms with E-state index in [0.717, 1.165) is 12.7 Å². The predicted molar refractivity (Wildman–Crippen MR) is 146 cm³/mol. The van der Waals surface area contributed by atoms with Gasteiger partial charge in [0.25, 0.3) is 5.91 Å². The third-order valence-corrected chi connectivity index (χ3v) is 7.74. The van der Waals surface area contributed by atoms with E-state index < -0.39 is 58.8 Å². The van der Waals surface area contributed by atoms with Crippen LogP contribution in [0.15, 0.2) is 18.2 Å². The highest BCUT2D eigenvalue weighted by Gasteiger charge is 2.57. The minimum absolute atomic E-state index is 0.0187. The summed E-state index contributed by atoms with van der Waals surface area (Å²) in [7, 11) is 2.03. The van der Waals surface area contributed by atoms with Gasteiger partial charge in [0.15, 0.2) is 31.4 Å². The molecule has 1 fully saturated rings. The SMILES string of the molecule is BC(O)(C(C(=O)NC)N1Cc2c(NCc3c(O)c(CN4CCOCC4)c(O)c(O)c3F)cccc2C1=O)C(O)(O)C=O. The first kappa shape index (κ1) is 31.0. The van der Waals surface area contributed by atoms with Crippen LogP contribution >= 0.6 is 0 Å². The highest BCUT2D eigenvalue weighted by molar-refractivity contribution is 6.20. The second kappa shape index (κ2) is 11.7. The molecule has 2 unspecified atom stereocenters. The molecule has 2 heterocycles. The number of anilines is 1. The van der Waals surface area contributed by atoms with E-state index in [4.69, 9.17) is 4.74 Å². The first-order valence-corrected chi connectivity index (χ1v) is 13.0. The van der Waals surface area contributed by atoms with Crippen molar-refractivity contribution in [3.63, 3.8) is 0 Å². The summed E-state index contributed by atoms with van der Waals surface area (Å²) < 4.78 is 20.3. The Hall–Kier alpha value is -3.96. The summed E-state index contributed by atoms with van der Waals surface area (Å²) in [5.41, 5.74) is -2.64. The topological polar surface area (TPSA) is 212 Å². The molecule has 226 valence electrons. The fourth-order valence-electron chi connectivity index (χ4n) is 5.15. The predicted octanol–water partition coefficient (Wildman–Crippen LogP) is -2.34. The average Bonchev–Trinajstić information content (AvgIpc) is 3.30. The number of fused-ring (bicyclic) bond motifs is 1. The summed E-state index contributed by atoms with van der Waals surface area (Å²) in [6.45, 7) is 1.14. The number of aliphatic hydroxyl groups is 3. The van der Waals surface area contributed by atoms with Crippen molar-refractivity contribution >= 4 is 31.6 Å². The molecule has 0 saturated carbocycles. The summed E-state index contributed by atoms with van der Waals surface area (Å²) in [4.78, 5) is 40.2. The number of phenolic OH excluding ortho intramolecular Hbond substituents is 3. The van der Waals surface area contributed by atoms with Crippen LogP contribution in [0.25, 0.3) is 0 Å². The van der Waals surface area contributed by atoms with E-state index in [1.807, 2.05) is 4.90 Å². The molecule has 0 spiro atoms. The quantitative estimate of drug-likeness (QED) is 0.0481. The van der Waals surface area contributed by atoms with E-state index in [2.05, 4.69) is 10.6 Å². The maximum Gasteiger partial charge on any atom is 0.255 e. The summed E-state index contributed by atoms with van der Waals surface area (Å²) >= 11 is 0. The van der Waals surface area contributed by atoms with E-state index in [9.17, 15) is 45.0 Å². The lowest BCUT2D eigenvalue weighted by Crippen LogP contribution is -2.70. The van der Waals surface area contributed by atoms with Crippen LogP contribution < -0.4 is 10.6 Å². The van der Waals surface area contributed by atoms with Gasteiger partial charge in [-0.3, -0.25) is 19.3 Å². The molecule has 14 nitrogen and oxygen atoms in total. The number of amides is 2. The second-order valence-electron chi connectivity index (χ2n) is 10.3. The molecule has 2 amide bonds. The zero-order valence-corrected chi connectivity index (χ0v) is 22.9. The van der Waals surface area contributed by atoms with Gasteiger partial charge in [0, 0.05) is 56.6 Å². The third kappa shape index (κ3) is 5.34. The number of nitrogens with zero attached hydrogens (tertiary/aromatic N) is 2. The number of carbonyl (C=O) groups is 3. The Morgan fingerprint density at radius 1 is 1.14 bits per heavy atom. The van der Waals surface area contributed by atoms with Crippen LogP contribution in [0.2, 0.25) is 0 Å². The lowest BCUT2D eigenvalue weighted by atomic mass is 9.68. The zero-order valence-electron chi connectivity index (χ0n) is 22.9. The number of phenols is 3. The van der Waals surface area contributed by atoms with Crippen molar-refractivity contribution in [3.8, 4) is 17.2 Å². The minimum atomic E-state index is -3.39. The zero-order chi connectivity index (χ0) is 31.0.